The average Bonchev–Trinajstić information content (AvgIpc) is 2.51. The standard InChI is InChI=1S/C23H35N/c1-10-12-16-24(19(5)6)22(9)20(7)14-15-21(8)23(13-11-2)17-18(3)4/h11,13-15,17H,2,5,8,10,12,16H2,1,3-4,6-7,9H3/b15-14-,22-20+,23-13+. The minimum absolute atomic E-state index is 0.985. The molecule has 0 N–H and O–H groups in total. The molecule has 0 aliphatic carbocycles. The Bertz CT molecular complexity index is 575. The minimum Gasteiger partial charge on any atom is -0.350 e. The third kappa shape index (κ3) is 8.01. The molecule has 0 atom stereocenters. The lowest BCUT2D eigenvalue weighted by Crippen LogP contribution is -2.21. The fourth-order valence-corrected chi connectivity index (χ4v) is 2.30. The molecule has 0 rings (SSSR count). The summed E-state index contributed by atoms with van der Waals surface area (Å²) in [5, 5.41) is 0. The maximum Gasteiger partial charge on any atom is 0.0224 e. The normalized spacial score (nSPS) is 12.7. The Labute approximate surface area is 150 Å². The quantitative estimate of drug-likeness (QED) is 0.387. The van der Waals surface area contributed by atoms with Gasteiger partial charge in [-0.25, -0.2) is 0 Å². The van der Waals surface area contributed by atoms with E-state index in [1.54, 1.807) is 6.08 Å². The van der Waals surface area contributed by atoms with E-state index in [0.717, 1.165) is 23.4 Å². The third-order valence-electron chi connectivity index (χ3n) is 3.82. The van der Waals surface area contributed by atoms with Gasteiger partial charge >= 0.3 is 0 Å². The summed E-state index contributed by atoms with van der Waals surface area (Å²) in [4.78, 5) is 2.29. The smallest absolute Gasteiger partial charge is 0.0224 e. The van der Waals surface area contributed by atoms with Crippen LogP contribution < -0.4 is 0 Å². The average molecular weight is 326 g/mol. The Balaban J connectivity index is 5.38. The van der Waals surface area contributed by atoms with Gasteiger partial charge in [0.05, 0.1) is 0 Å². The van der Waals surface area contributed by atoms with Gasteiger partial charge in [0.25, 0.3) is 0 Å². The van der Waals surface area contributed by atoms with E-state index in [4.69, 9.17) is 0 Å². The summed E-state index contributed by atoms with van der Waals surface area (Å²) < 4.78 is 0. The van der Waals surface area contributed by atoms with Crippen molar-refractivity contribution in [2.45, 2.75) is 54.4 Å². The van der Waals surface area contributed by atoms with E-state index in [2.05, 4.69) is 84.4 Å². The highest BCUT2D eigenvalue weighted by Crippen LogP contribution is 2.19. The van der Waals surface area contributed by atoms with Crippen molar-refractivity contribution in [1.82, 2.24) is 4.90 Å². The molecule has 0 aromatic carbocycles. The van der Waals surface area contributed by atoms with Crippen LogP contribution >= 0.6 is 0 Å². The van der Waals surface area contributed by atoms with Crippen LogP contribution in [0.3, 0.4) is 0 Å². The second-order valence-electron chi connectivity index (χ2n) is 6.45. The molecule has 0 saturated carbocycles. The Morgan fingerprint density at radius 2 is 1.62 bits per heavy atom. The van der Waals surface area contributed by atoms with E-state index in [-0.39, 0.29) is 0 Å². The summed E-state index contributed by atoms with van der Waals surface area (Å²) in [6.45, 7) is 25.8. The maximum atomic E-state index is 4.19. The van der Waals surface area contributed by atoms with Crippen molar-refractivity contribution in [3.05, 3.63) is 83.8 Å². The van der Waals surface area contributed by atoms with Crippen molar-refractivity contribution in [2.75, 3.05) is 6.54 Å². The van der Waals surface area contributed by atoms with E-state index in [0.29, 0.717) is 0 Å². The van der Waals surface area contributed by atoms with Gasteiger partial charge in [-0.15, -0.1) is 0 Å². The molecular formula is C23H35N. The van der Waals surface area contributed by atoms with Crippen LogP contribution in [0.2, 0.25) is 0 Å². The molecular weight excluding hydrogens is 290 g/mol. The molecule has 0 aliphatic heterocycles. The Hall–Kier alpha value is -2.02. The molecule has 0 amide bonds. The van der Waals surface area contributed by atoms with Gasteiger partial charge in [-0.1, -0.05) is 69.0 Å². The number of hydrogen-bond acceptors (Lipinski definition) is 1. The van der Waals surface area contributed by atoms with E-state index in [1.807, 2.05) is 6.08 Å². The molecule has 0 saturated heterocycles. The fraction of sp³-hybridized carbons (Fsp3) is 0.391. The number of unbranched alkanes of at least 4 members (excludes halogenated alkanes) is 1. The first-order valence-corrected chi connectivity index (χ1v) is 8.70. The van der Waals surface area contributed by atoms with Gasteiger partial charge < -0.3 is 4.90 Å². The fourth-order valence-electron chi connectivity index (χ4n) is 2.30. The van der Waals surface area contributed by atoms with Crippen LogP contribution in [0.15, 0.2) is 83.8 Å². The molecule has 24 heavy (non-hydrogen) atoms. The van der Waals surface area contributed by atoms with Crippen LogP contribution in [-0.2, 0) is 0 Å². The number of rotatable bonds is 10. The zero-order valence-electron chi connectivity index (χ0n) is 16.6. The minimum atomic E-state index is 0.985. The summed E-state index contributed by atoms with van der Waals surface area (Å²) in [5.74, 6) is 0. The summed E-state index contributed by atoms with van der Waals surface area (Å²) in [6.07, 6.45) is 12.5. The van der Waals surface area contributed by atoms with Crippen LogP contribution in [0.4, 0.5) is 0 Å². The summed E-state index contributed by atoms with van der Waals surface area (Å²) >= 11 is 0. The van der Waals surface area contributed by atoms with Crippen LogP contribution in [0.5, 0.6) is 0 Å². The van der Waals surface area contributed by atoms with E-state index in [1.165, 1.54) is 29.7 Å². The lowest BCUT2D eigenvalue weighted by molar-refractivity contribution is 0.414. The van der Waals surface area contributed by atoms with Gasteiger partial charge in [0.2, 0.25) is 0 Å². The molecule has 0 radical (unpaired) electrons. The topological polar surface area (TPSA) is 3.24 Å². The van der Waals surface area contributed by atoms with Crippen molar-refractivity contribution >= 4 is 0 Å². The van der Waals surface area contributed by atoms with E-state index < -0.39 is 0 Å². The highest BCUT2D eigenvalue weighted by molar-refractivity contribution is 5.48. The molecule has 132 valence electrons. The summed E-state index contributed by atoms with van der Waals surface area (Å²) in [7, 11) is 0. The van der Waals surface area contributed by atoms with Gasteiger partial charge in [0.15, 0.2) is 0 Å². The Morgan fingerprint density at radius 3 is 2.08 bits per heavy atom. The first-order valence-electron chi connectivity index (χ1n) is 8.70. The summed E-state index contributed by atoms with van der Waals surface area (Å²) in [5.41, 5.74) is 6.88. The summed E-state index contributed by atoms with van der Waals surface area (Å²) in [6, 6.07) is 0. The van der Waals surface area contributed by atoms with Crippen molar-refractivity contribution in [2.24, 2.45) is 0 Å². The highest BCUT2D eigenvalue weighted by Gasteiger charge is 2.07. The Morgan fingerprint density at radius 1 is 1.00 bits per heavy atom. The molecule has 1 nitrogen and oxygen atoms in total. The molecule has 0 unspecified atom stereocenters. The van der Waals surface area contributed by atoms with Crippen molar-refractivity contribution in [1.29, 1.82) is 0 Å². The van der Waals surface area contributed by atoms with E-state index >= 15 is 0 Å². The Kier molecular flexibility index (Phi) is 10.5. The molecule has 0 heterocycles. The molecule has 0 aromatic rings. The van der Waals surface area contributed by atoms with Crippen molar-refractivity contribution < 1.29 is 0 Å². The second kappa shape index (κ2) is 11.5. The number of nitrogens with zero attached hydrogens (tertiary/aromatic N) is 1. The van der Waals surface area contributed by atoms with Gasteiger partial charge in [0, 0.05) is 17.9 Å². The monoisotopic (exact) mass is 325 g/mol. The second-order valence-corrected chi connectivity index (χ2v) is 6.45. The van der Waals surface area contributed by atoms with E-state index in [9.17, 15) is 0 Å². The molecule has 0 aliphatic rings. The number of hydrogen-bond donors (Lipinski definition) is 0. The lowest BCUT2D eigenvalue weighted by Gasteiger charge is -2.26. The van der Waals surface area contributed by atoms with Gasteiger partial charge in [0.1, 0.15) is 0 Å². The van der Waals surface area contributed by atoms with Gasteiger partial charge in [-0.3, -0.25) is 0 Å². The molecule has 0 fully saturated rings. The van der Waals surface area contributed by atoms with Gasteiger partial charge in [-0.2, -0.15) is 0 Å². The van der Waals surface area contributed by atoms with Crippen LogP contribution in [0, 0.1) is 0 Å². The van der Waals surface area contributed by atoms with Crippen molar-refractivity contribution in [3.63, 3.8) is 0 Å². The van der Waals surface area contributed by atoms with Crippen LogP contribution in [0.1, 0.15) is 54.4 Å². The number of allylic oxidation sites excluding steroid dienone is 11. The van der Waals surface area contributed by atoms with Gasteiger partial charge in [-0.05, 0) is 57.8 Å². The zero-order valence-corrected chi connectivity index (χ0v) is 16.6. The SMILES string of the molecule is C=C/C=C(\C=C(C)C)C(=C)/C=C\C(C)=C(/C)N(CCCC)C(=C)C. The first kappa shape index (κ1) is 22.0. The maximum absolute atomic E-state index is 4.19. The first-order chi connectivity index (χ1) is 11.2. The predicted octanol–water partition coefficient (Wildman–Crippen LogP) is 7.11. The third-order valence-corrected chi connectivity index (χ3v) is 3.82. The lowest BCUT2D eigenvalue weighted by atomic mass is 10.0. The molecule has 0 bridgehead atoms. The molecule has 0 aromatic heterocycles. The largest absolute Gasteiger partial charge is 0.350 e. The predicted molar refractivity (Wildman–Crippen MR) is 111 cm³/mol. The van der Waals surface area contributed by atoms with Crippen LogP contribution in [-0.4, -0.2) is 11.4 Å². The van der Waals surface area contributed by atoms with Crippen molar-refractivity contribution in [3.8, 4) is 0 Å². The molecule has 1 heteroatoms. The highest BCUT2D eigenvalue weighted by atomic mass is 15.1. The molecule has 0 spiro atoms. The zero-order chi connectivity index (χ0) is 18.7. The van der Waals surface area contributed by atoms with Crippen LogP contribution in [0.25, 0.3) is 0 Å².